The number of hydrogen-bond donors (Lipinski definition) is 1. The molecule has 6 heteroatoms. The predicted octanol–water partition coefficient (Wildman–Crippen LogP) is 3.54. The van der Waals surface area contributed by atoms with Gasteiger partial charge in [0.2, 0.25) is 0 Å². The number of carbonyl (C=O) groups excluding carboxylic acids is 1. The van der Waals surface area contributed by atoms with Gasteiger partial charge < -0.3 is 10.1 Å². The van der Waals surface area contributed by atoms with E-state index in [2.05, 4.69) is 16.4 Å². The van der Waals surface area contributed by atoms with Crippen LogP contribution in [0.1, 0.15) is 46.6 Å². The summed E-state index contributed by atoms with van der Waals surface area (Å²) in [6, 6.07) is 3.89. The Hall–Kier alpha value is -2.39. The fourth-order valence-electron chi connectivity index (χ4n) is 2.67. The van der Waals surface area contributed by atoms with E-state index >= 15 is 0 Å². The third kappa shape index (κ3) is 3.20. The van der Waals surface area contributed by atoms with Gasteiger partial charge in [-0.3, -0.25) is 9.78 Å². The number of thiophene rings is 1. The second-order valence-electron chi connectivity index (χ2n) is 5.70. The molecule has 1 aliphatic rings. The number of nitriles is 1. The van der Waals surface area contributed by atoms with E-state index in [1.807, 2.05) is 13.8 Å². The molecule has 0 bridgehead atoms. The van der Waals surface area contributed by atoms with Gasteiger partial charge in [-0.15, -0.1) is 11.3 Å². The molecule has 0 spiro atoms. The number of nitrogens with zero attached hydrogens (tertiary/aromatic N) is 2. The number of aryl methyl sites for hydroxylation is 1. The van der Waals surface area contributed by atoms with Crippen LogP contribution < -0.4 is 10.1 Å². The molecule has 2 aromatic heterocycles. The molecule has 0 unspecified atom stereocenters. The Bertz CT molecular complexity index is 790. The molecule has 0 atom stereocenters. The van der Waals surface area contributed by atoms with Gasteiger partial charge in [0.05, 0.1) is 23.4 Å². The minimum Gasteiger partial charge on any atom is -0.489 e. The number of pyridine rings is 1. The average Bonchev–Trinajstić information content (AvgIpc) is 3.07. The van der Waals surface area contributed by atoms with Crippen molar-refractivity contribution in [2.24, 2.45) is 0 Å². The van der Waals surface area contributed by atoms with Crippen LogP contribution in [0.25, 0.3) is 0 Å². The minimum atomic E-state index is -0.275. The number of hydrogen-bond acceptors (Lipinski definition) is 5. The summed E-state index contributed by atoms with van der Waals surface area (Å²) in [6.45, 7) is 3.83. The molecule has 0 fully saturated rings. The van der Waals surface area contributed by atoms with E-state index in [1.54, 1.807) is 12.3 Å². The fraction of sp³-hybridized carbons (Fsp3) is 0.353. The molecule has 1 amide bonds. The van der Waals surface area contributed by atoms with E-state index in [1.165, 1.54) is 22.4 Å². The first-order valence-corrected chi connectivity index (χ1v) is 8.38. The number of ether oxygens (including phenoxy) is 1. The van der Waals surface area contributed by atoms with Gasteiger partial charge >= 0.3 is 0 Å². The predicted molar refractivity (Wildman–Crippen MR) is 89.0 cm³/mol. The van der Waals surface area contributed by atoms with Gasteiger partial charge in [0, 0.05) is 11.1 Å². The number of rotatable bonds is 4. The Morgan fingerprint density at radius 2 is 2.26 bits per heavy atom. The summed E-state index contributed by atoms with van der Waals surface area (Å²) >= 11 is 1.50. The lowest BCUT2D eigenvalue weighted by Crippen LogP contribution is -2.13. The minimum absolute atomic E-state index is 0.0144. The van der Waals surface area contributed by atoms with Crippen LogP contribution in [0.2, 0.25) is 0 Å². The van der Waals surface area contributed by atoms with Crippen molar-refractivity contribution in [3.05, 3.63) is 40.0 Å². The van der Waals surface area contributed by atoms with Crippen molar-refractivity contribution in [3.63, 3.8) is 0 Å². The summed E-state index contributed by atoms with van der Waals surface area (Å²) in [5.41, 5.74) is 2.13. The zero-order chi connectivity index (χ0) is 16.4. The Kier molecular flexibility index (Phi) is 4.30. The monoisotopic (exact) mass is 327 g/mol. The van der Waals surface area contributed by atoms with E-state index in [0.717, 1.165) is 24.8 Å². The maximum atomic E-state index is 12.4. The second-order valence-corrected chi connectivity index (χ2v) is 6.81. The molecule has 0 aromatic carbocycles. The second kappa shape index (κ2) is 6.39. The summed E-state index contributed by atoms with van der Waals surface area (Å²) in [4.78, 5) is 17.7. The van der Waals surface area contributed by atoms with E-state index < -0.39 is 0 Å². The van der Waals surface area contributed by atoms with E-state index in [9.17, 15) is 10.1 Å². The standard InChI is InChI=1S/C17H17N3O2S/c1-10(2)22-12-6-11(8-19-9-12)16(21)20-17-14(7-18)13-4-3-5-15(13)23-17/h6,8-10H,3-5H2,1-2H3,(H,20,21). The molecule has 1 N–H and O–H groups in total. The highest BCUT2D eigenvalue weighted by molar-refractivity contribution is 7.16. The molecular weight excluding hydrogens is 310 g/mol. The van der Waals surface area contributed by atoms with Gasteiger partial charge in [0.15, 0.2) is 0 Å². The maximum Gasteiger partial charge on any atom is 0.258 e. The zero-order valence-electron chi connectivity index (χ0n) is 13.0. The highest BCUT2D eigenvalue weighted by Gasteiger charge is 2.23. The highest BCUT2D eigenvalue weighted by atomic mass is 32.1. The quantitative estimate of drug-likeness (QED) is 0.932. The lowest BCUT2D eigenvalue weighted by molar-refractivity contribution is 0.102. The molecule has 2 heterocycles. The third-order valence-corrected chi connectivity index (χ3v) is 4.81. The van der Waals surface area contributed by atoms with Crippen LogP contribution >= 0.6 is 11.3 Å². The Labute approximate surface area is 138 Å². The SMILES string of the molecule is CC(C)Oc1cncc(C(=O)Nc2sc3c(c2C#N)CCC3)c1. The van der Waals surface area contributed by atoms with Crippen LogP contribution in [0.3, 0.4) is 0 Å². The maximum absolute atomic E-state index is 12.4. The average molecular weight is 327 g/mol. The first-order chi connectivity index (χ1) is 11.1. The van der Waals surface area contributed by atoms with Crippen molar-refractivity contribution in [3.8, 4) is 11.8 Å². The Morgan fingerprint density at radius 3 is 3.00 bits per heavy atom. The highest BCUT2D eigenvalue weighted by Crippen LogP contribution is 2.38. The van der Waals surface area contributed by atoms with Crippen molar-refractivity contribution in [2.75, 3.05) is 5.32 Å². The summed E-state index contributed by atoms with van der Waals surface area (Å²) in [6.07, 6.45) is 6.09. The van der Waals surface area contributed by atoms with Gasteiger partial charge in [-0.05, 0) is 44.7 Å². The topological polar surface area (TPSA) is 75.0 Å². The zero-order valence-corrected chi connectivity index (χ0v) is 13.9. The number of fused-ring (bicyclic) bond motifs is 1. The van der Waals surface area contributed by atoms with Crippen LogP contribution in [-0.4, -0.2) is 17.0 Å². The lowest BCUT2D eigenvalue weighted by Gasteiger charge is -2.10. The molecular formula is C17H17N3O2S. The summed E-state index contributed by atoms with van der Waals surface area (Å²) < 4.78 is 5.56. The largest absolute Gasteiger partial charge is 0.489 e. The molecule has 23 heavy (non-hydrogen) atoms. The van der Waals surface area contributed by atoms with Crippen LogP contribution in [0.15, 0.2) is 18.5 Å². The summed E-state index contributed by atoms with van der Waals surface area (Å²) in [5.74, 6) is 0.282. The molecule has 0 saturated carbocycles. The number of nitrogens with one attached hydrogen (secondary N) is 1. The molecule has 0 aliphatic heterocycles. The number of aromatic nitrogens is 1. The normalized spacial score (nSPS) is 12.8. The Morgan fingerprint density at radius 1 is 1.43 bits per heavy atom. The van der Waals surface area contributed by atoms with E-state index in [-0.39, 0.29) is 12.0 Å². The van der Waals surface area contributed by atoms with Crippen molar-refractivity contribution in [1.82, 2.24) is 4.98 Å². The molecule has 0 saturated heterocycles. The van der Waals surface area contributed by atoms with Crippen molar-refractivity contribution >= 4 is 22.2 Å². The van der Waals surface area contributed by atoms with Crippen LogP contribution in [0, 0.1) is 11.3 Å². The Balaban J connectivity index is 1.82. The first-order valence-electron chi connectivity index (χ1n) is 7.56. The van der Waals surface area contributed by atoms with Crippen molar-refractivity contribution in [1.29, 1.82) is 5.26 Å². The smallest absolute Gasteiger partial charge is 0.258 e. The van der Waals surface area contributed by atoms with Crippen molar-refractivity contribution in [2.45, 2.75) is 39.2 Å². The molecule has 118 valence electrons. The fourth-order valence-corrected chi connectivity index (χ4v) is 3.90. The van der Waals surface area contributed by atoms with Gasteiger partial charge in [-0.2, -0.15) is 5.26 Å². The summed E-state index contributed by atoms with van der Waals surface area (Å²) in [5, 5.41) is 12.9. The van der Waals surface area contributed by atoms with Crippen LogP contribution in [-0.2, 0) is 12.8 Å². The molecule has 3 rings (SSSR count). The third-order valence-electron chi connectivity index (χ3n) is 3.61. The van der Waals surface area contributed by atoms with Gasteiger partial charge in [-0.25, -0.2) is 0 Å². The van der Waals surface area contributed by atoms with Crippen LogP contribution in [0.5, 0.6) is 5.75 Å². The molecule has 0 radical (unpaired) electrons. The lowest BCUT2D eigenvalue weighted by atomic mass is 10.1. The molecule has 2 aromatic rings. The number of anilines is 1. The number of amides is 1. The van der Waals surface area contributed by atoms with E-state index in [0.29, 0.717) is 21.9 Å². The van der Waals surface area contributed by atoms with Gasteiger partial charge in [-0.1, -0.05) is 0 Å². The van der Waals surface area contributed by atoms with Crippen LogP contribution in [0.4, 0.5) is 5.00 Å². The number of carbonyl (C=O) groups is 1. The van der Waals surface area contributed by atoms with E-state index in [4.69, 9.17) is 4.74 Å². The van der Waals surface area contributed by atoms with Crippen molar-refractivity contribution < 1.29 is 9.53 Å². The van der Waals surface area contributed by atoms with Gasteiger partial charge in [0.25, 0.3) is 5.91 Å². The summed E-state index contributed by atoms with van der Waals surface area (Å²) in [7, 11) is 0. The molecule has 5 nitrogen and oxygen atoms in total. The molecule has 1 aliphatic carbocycles. The van der Waals surface area contributed by atoms with Gasteiger partial charge in [0.1, 0.15) is 16.8 Å². The first kappa shape index (κ1) is 15.5.